The van der Waals surface area contributed by atoms with E-state index in [1.165, 1.54) is 7.11 Å². The SMILES string of the molecule is COC(=O)NC1CC(=O)N(c2ccc(Cl)cc2)C1. The van der Waals surface area contributed by atoms with Crippen molar-refractivity contribution in [3.8, 4) is 0 Å². The number of halogens is 1. The molecule has 1 aliphatic heterocycles. The van der Waals surface area contributed by atoms with Crippen LogP contribution in [0.25, 0.3) is 0 Å². The fourth-order valence-electron chi connectivity index (χ4n) is 1.90. The summed E-state index contributed by atoms with van der Waals surface area (Å²) < 4.78 is 4.51. The predicted octanol–water partition coefficient (Wildman–Crippen LogP) is 1.80. The quantitative estimate of drug-likeness (QED) is 0.890. The van der Waals surface area contributed by atoms with Gasteiger partial charge in [0.15, 0.2) is 0 Å². The van der Waals surface area contributed by atoms with Crippen LogP contribution in [0, 0.1) is 0 Å². The lowest BCUT2D eigenvalue weighted by Gasteiger charge is -2.17. The third-order valence-electron chi connectivity index (χ3n) is 2.77. The van der Waals surface area contributed by atoms with Crippen molar-refractivity contribution >= 4 is 29.3 Å². The lowest BCUT2D eigenvalue weighted by molar-refractivity contribution is -0.117. The maximum absolute atomic E-state index is 11.8. The maximum Gasteiger partial charge on any atom is 0.407 e. The number of hydrogen-bond donors (Lipinski definition) is 1. The zero-order valence-corrected chi connectivity index (χ0v) is 10.6. The number of alkyl carbamates (subject to hydrolysis) is 1. The molecule has 1 atom stereocenters. The molecule has 1 aliphatic rings. The normalized spacial score (nSPS) is 18.9. The van der Waals surface area contributed by atoms with Crippen LogP contribution in [0.1, 0.15) is 6.42 Å². The molecule has 0 radical (unpaired) electrons. The molecule has 5 nitrogen and oxygen atoms in total. The van der Waals surface area contributed by atoms with E-state index in [-0.39, 0.29) is 18.4 Å². The van der Waals surface area contributed by atoms with Crippen molar-refractivity contribution in [3.63, 3.8) is 0 Å². The van der Waals surface area contributed by atoms with E-state index in [1.807, 2.05) is 0 Å². The molecule has 0 saturated carbocycles. The van der Waals surface area contributed by atoms with E-state index in [9.17, 15) is 9.59 Å². The Hall–Kier alpha value is -1.75. The van der Waals surface area contributed by atoms with Gasteiger partial charge in [-0.2, -0.15) is 0 Å². The van der Waals surface area contributed by atoms with E-state index in [1.54, 1.807) is 29.2 Å². The third kappa shape index (κ3) is 2.73. The molecule has 6 heteroatoms. The van der Waals surface area contributed by atoms with Crippen LogP contribution in [-0.2, 0) is 9.53 Å². The molecule has 2 amide bonds. The maximum atomic E-state index is 11.8. The summed E-state index contributed by atoms with van der Waals surface area (Å²) >= 11 is 5.79. The van der Waals surface area contributed by atoms with Crippen LogP contribution in [-0.4, -0.2) is 31.7 Å². The molecule has 96 valence electrons. The molecule has 18 heavy (non-hydrogen) atoms. The topological polar surface area (TPSA) is 58.6 Å². The van der Waals surface area contributed by atoms with Crippen LogP contribution in [0.5, 0.6) is 0 Å². The lowest BCUT2D eigenvalue weighted by Crippen LogP contribution is -2.37. The monoisotopic (exact) mass is 268 g/mol. The van der Waals surface area contributed by atoms with E-state index >= 15 is 0 Å². The summed E-state index contributed by atoms with van der Waals surface area (Å²) in [4.78, 5) is 24.5. The molecule has 0 spiro atoms. The van der Waals surface area contributed by atoms with Gasteiger partial charge in [0, 0.05) is 23.7 Å². The van der Waals surface area contributed by atoms with Crippen molar-refractivity contribution in [2.45, 2.75) is 12.5 Å². The average molecular weight is 269 g/mol. The fraction of sp³-hybridized carbons (Fsp3) is 0.333. The van der Waals surface area contributed by atoms with Crippen LogP contribution < -0.4 is 10.2 Å². The Balaban J connectivity index is 2.05. The van der Waals surface area contributed by atoms with Gasteiger partial charge < -0.3 is 15.0 Å². The smallest absolute Gasteiger partial charge is 0.407 e. The summed E-state index contributed by atoms with van der Waals surface area (Å²) in [7, 11) is 1.29. The summed E-state index contributed by atoms with van der Waals surface area (Å²) in [6.45, 7) is 0.440. The molecule has 1 aromatic rings. The van der Waals surface area contributed by atoms with Gasteiger partial charge in [0.2, 0.25) is 5.91 Å². The average Bonchev–Trinajstić information content (AvgIpc) is 2.71. The van der Waals surface area contributed by atoms with Gasteiger partial charge in [0.1, 0.15) is 0 Å². The zero-order valence-electron chi connectivity index (χ0n) is 9.85. The van der Waals surface area contributed by atoms with Gasteiger partial charge in [-0.1, -0.05) is 11.6 Å². The number of rotatable bonds is 2. The van der Waals surface area contributed by atoms with E-state index in [0.717, 1.165) is 5.69 Å². The highest BCUT2D eigenvalue weighted by molar-refractivity contribution is 6.30. The molecule has 1 aromatic carbocycles. The van der Waals surface area contributed by atoms with Gasteiger partial charge in [-0.3, -0.25) is 4.79 Å². The first-order valence-corrected chi connectivity index (χ1v) is 5.88. The Kier molecular flexibility index (Phi) is 3.72. The van der Waals surface area contributed by atoms with Crippen LogP contribution in [0.2, 0.25) is 5.02 Å². The number of methoxy groups -OCH3 is 1. The van der Waals surface area contributed by atoms with Crippen LogP contribution >= 0.6 is 11.6 Å². The second kappa shape index (κ2) is 5.27. The molecular weight excluding hydrogens is 256 g/mol. The van der Waals surface area contributed by atoms with Gasteiger partial charge in [0.05, 0.1) is 13.2 Å². The molecule has 1 saturated heterocycles. The van der Waals surface area contributed by atoms with Crippen LogP contribution in [0.15, 0.2) is 24.3 Å². The highest BCUT2D eigenvalue weighted by atomic mass is 35.5. The number of nitrogens with zero attached hydrogens (tertiary/aromatic N) is 1. The molecular formula is C12H13ClN2O3. The molecule has 1 unspecified atom stereocenters. The van der Waals surface area contributed by atoms with Gasteiger partial charge in [0.25, 0.3) is 0 Å². The third-order valence-corrected chi connectivity index (χ3v) is 3.02. The first-order chi connectivity index (χ1) is 8.60. The molecule has 0 aromatic heterocycles. The number of carbonyl (C=O) groups excluding carboxylic acids is 2. The first-order valence-electron chi connectivity index (χ1n) is 5.50. The summed E-state index contributed by atoms with van der Waals surface area (Å²) in [6, 6.07) is 6.79. The summed E-state index contributed by atoms with van der Waals surface area (Å²) in [6.07, 6.45) is -0.247. The number of ether oxygens (including phenoxy) is 1. The predicted molar refractivity (Wildman–Crippen MR) is 67.8 cm³/mol. The Bertz CT molecular complexity index is 461. The number of anilines is 1. The zero-order chi connectivity index (χ0) is 13.1. The summed E-state index contributed by atoms with van der Waals surface area (Å²) in [5.74, 6) is -0.0290. The van der Waals surface area contributed by atoms with Gasteiger partial charge in [-0.15, -0.1) is 0 Å². The minimum absolute atomic E-state index is 0.0290. The molecule has 1 N–H and O–H groups in total. The minimum Gasteiger partial charge on any atom is -0.453 e. The number of hydrogen-bond acceptors (Lipinski definition) is 3. The van der Waals surface area contributed by atoms with Gasteiger partial charge in [-0.25, -0.2) is 4.79 Å². The van der Waals surface area contributed by atoms with Crippen LogP contribution in [0.4, 0.5) is 10.5 Å². The fourth-order valence-corrected chi connectivity index (χ4v) is 2.03. The summed E-state index contributed by atoms with van der Waals surface area (Å²) in [5, 5.41) is 3.24. The van der Waals surface area contributed by atoms with Crippen LogP contribution in [0.3, 0.4) is 0 Å². The molecule has 1 fully saturated rings. The van der Waals surface area contributed by atoms with Crippen molar-refractivity contribution in [3.05, 3.63) is 29.3 Å². The number of carbonyl (C=O) groups is 2. The molecule has 0 bridgehead atoms. The highest BCUT2D eigenvalue weighted by Crippen LogP contribution is 2.23. The van der Waals surface area contributed by atoms with Crippen molar-refractivity contribution < 1.29 is 14.3 Å². The Morgan fingerprint density at radius 1 is 1.44 bits per heavy atom. The number of amides is 2. The summed E-state index contributed by atoms with van der Waals surface area (Å²) in [5.41, 5.74) is 0.776. The van der Waals surface area contributed by atoms with Crippen molar-refractivity contribution in [2.24, 2.45) is 0 Å². The molecule has 0 aliphatic carbocycles. The first kappa shape index (κ1) is 12.7. The van der Waals surface area contributed by atoms with Crippen molar-refractivity contribution in [2.75, 3.05) is 18.6 Å². The largest absolute Gasteiger partial charge is 0.453 e. The number of nitrogens with one attached hydrogen (secondary N) is 1. The van der Waals surface area contributed by atoms with E-state index in [4.69, 9.17) is 11.6 Å². The lowest BCUT2D eigenvalue weighted by atomic mass is 10.3. The van der Waals surface area contributed by atoms with E-state index < -0.39 is 6.09 Å². The Labute approximate surface area is 110 Å². The second-order valence-corrected chi connectivity index (χ2v) is 4.45. The Morgan fingerprint density at radius 3 is 2.72 bits per heavy atom. The molecule has 1 heterocycles. The second-order valence-electron chi connectivity index (χ2n) is 4.02. The van der Waals surface area contributed by atoms with E-state index in [0.29, 0.717) is 11.6 Å². The highest BCUT2D eigenvalue weighted by Gasteiger charge is 2.31. The Morgan fingerprint density at radius 2 is 2.11 bits per heavy atom. The van der Waals surface area contributed by atoms with Crippen molar-refractivity contribution in [1.29, 1.82) is 0 Å². The molecule has 2 rings (SSSR count). The van der Waals surface area contributed by atoms with Crippen molar-refractivity contribution in [1.82, 2.24) is 5.32 Å². The number of benzene rings is 1. The van der Waals surface area contributed by atoms with Gasteiger partial charge >= 0.3 is 6.09 Å². The standard InChI is InChI=1S/C12H13ClN2O3/c1-18-12(17)14-9-6-11(16)15(7-9)10-4-2-8(13)3-5-10/h2-5,9H,6-7H2,1H3,(H,14,17). The van der Waals surface area contributed by atoms with E-state index in [2.05, 4.69) is 10.1 Å². The minimum atomic E-state index is -0.522. The van der Waals surface area contributed by atoms with Gasteiger partial charge in [-0.05, 0) is 24.3 Å².